The van der Waals surface area contributed by atoms with Gasteiger partial charge in [-0.3, -0.25) is 9.59 Å². The SMILES string of the molecule is CC1C=CC[C@@H](C(=O)O)[C@@H]1C(=O)O. The highest BCUT2D eigenvalue weighted by molar-refractivity contribution is 5.81. The Morgan fingerprint density at radius 3 is 2.31 bits per heavy atom. The van der Waals surface area contributed by atoms with Crippen molar-refractivity contribution >= 4 is 11.9 Å². The van der Waals surface area contributed by atoms with Gasteiger partial charge in [0.25, 0.3) is 0 Å². The third kappa shape index (κ3) is 1.88. The molecule has 1 unspecified atom stereocenters. The molecule has 4 nitrogen and oxygen atoms in total. The Morgan fingerprint density at radius 2 is 1.92 bits per heavy atom. The number of hydrogen-bond donors (Lipinski definition) is 2. The van der Waals surface area contributed by atoms with Crippen molar-refractivity contribution in [3.05, 3.63) is 12.2 Å². The molecule has 0 bridgehead atoms. The van der Waals surface area contributed by atoms with Crippen molar-refractivity contribution < 1.29 is 19.8 Å². The van der Waals surface area contributed by atoms with Gasteiger partial charge in [0.15, 0.2) is 0 Å². The van der Waals surface area contributed by atoms with E-state index < -0.39 is 23.8 Å². The average Bonchev–Trinajstić information content (AvgIpc) is 2.02. The monoisotopic (exact) mass is 184 g/mol. The van der Waals surface area contributed by atoms with Crippen molar-refractivity contribution in [1.29, 1.82) is 0 Å². The summed E-state index contributed by atoms with van der Waals surface area (Å²) in [7, 11) is 0. The number of hydrogen-bond acceptors (Lipinski definition) is 2. The standard InChI is InChI=1S/C9H12O4/c1-5-3-2-4-6(8(10)11)7(5)9(12)13/h2-3,5-7H,4H2,1H3,(H,10,11)(H,12,13)/t5?,6-,7-/m1/s1. The molecule has 1 aliphatic rings. The summed E-state index contributed by atoms with van der Waals surface area (Å²) in [5.74, 6) is -3.82. The van der Waals surface area contributed by atoms with Crippen molar-refractivity contribution in [2.75, 3.05) is 0 Å². The molecule has 13 heavy (non-hydrogen) atoms. The van der Waals surface area contributed by atoms with Gasteiger partial charge in [-0.2, -0.15) is 0 Å². The first-order valence-corrected chi connectivity index (χ1v) is 4.16. The van der Waals surface area contributed by atoms with Gasteiger partial charge < -0.3 is 10.2 Å². The summed E-state index contributed by atoms with van der Waals surface area (Å²) in [6, 6.07) is 0. The topological polar surface area (TPSA) is 74.6 Å². The Labute approximate surface area is 75.9 Å². The lowest BCUT2D eigenvalue weighted by Gasteiger charge is -2.26. The molecule has 0 aromatic rings. The number of carboxylic acids is 2. The molecule has 0 aromatic carbocycles. The van der Waals surface area contributed by atoms with E-state index in [2.05, 4.69) is 0 Å². The summed E-state index contributed by atoms with van der Waals surface area (Å²) >= 11 is 0. The molecule has 0 heterocycles. The molecule has 0 aliphatic heterocycles. The van der Waals surface area contributed by atoms with Crippen LogP contribution in [-0.4, -0.2) is 22.2 Å². The zero-order valence-electron chi connectivity index (χ0n) is 7.30. The van der Waals surface area contributed by atoms with Crippen molar-refractivity contribution in [2.45, 2.75) is 13.3 Å². The van der Waals surface area contributed by atoms with Crippen LogP contribution in [0.2, 0.25) is 0 Å². The summed E-state index contributed by atoms with van der Waals surface area (Å²) in [6.45, 7) is 1.73. The summed E-state index contributed by atoms with van der Waals surface area (Å²) in [6.07, 6.45) is 3.82. The van der Waals surface area contributed by atoms with E-state index in [4.69, 9.17) is 10.2 Å². The lowest BCUT2D eigenvalue weighted by Crippen LogP contribution is -2.35. The highest BCUT2D eigenvalue weighted by Gasteiger charge is 2.37. The second-order valence-corrected chi connectivity index (χ2v) is 3.33. The smallest absolute Gasteiger partial charge is 0.307 e. The van der Waals surface area contributed by atoms with Gasteiger partial charge in [0.05, 0.1) is 11.8 Å². The molecule has 2 N–H and O–H groups in total. The number of allylic oxidation sites excluding steroid dienone is 2. The Balaban J connectivity index is 2.89. The van der Waals surface area contributed by atoms with Crippen LogP contribution in [0, 0.1) is 17.8 Å². The van der Waals surface area contributed by atoms with E-state index in [1.807, 2.05) is 0 Å². The zero-order valence-corrected chi connectivity index (χ0v) is 7.30. The highest BCUT2D eigenvalue weighted by atomic mass is 16.4. The fourth-order valence-electron chi connectivity index (χ4n) is 1.72. The Morgan fingerprint density at radius 1 is 1.31 bits per heavy atom. The van der Waals surface area contributed by atoms with Crippen LogP contribution >= 0.6 is 0 Å². The summed E-state index contributed by atoms with van der Waals surface area (Å²) in [4.78, 5) is 21.5. The first-order valence-electron chi connectivity index (χ1n) is 4.16. The Kier molecular flexibility index (Phi) is 2.70. The molecule has 1 rings (SSSR count). The molecular weight excluding hydrogens is 172 g/mol. The van der Waals surface area contributed by atoms with Crippen molar-refractivity contribution in [2.24, 2.45) is 17.8 Å². The molecule has 0 fully saturated rings. The molecular formula is C9H12O4. The Bertz CT molecular complexity index is 256. The second kappa shape index (κ2) is 3.60. The Hall–Kier alpha value is -1.32. The first kappa shape index (κ1) is 9.77. The third-order valence-corrected chi connectivity index (χ3v) is 2.43. The summed E-state index contributed by atoms with van der Waals surface area (Å²) in [5, 5.41) is 17.6. The van der Waals surface area contributed by atoms with Crippen LogP contribution in [0.1, 0.15) is 13.3 Å². The minimum atomic E-state index is -1.02. The van der Waals surface area contributed by atoms with E-state index in [0.717, 1.165) is 0 Å². The van der Waals surface area contributed by atoms with Gasteiger partial charge >= 0.3 is 11.9 Å². The van der Waals surface area contributed by atoms with E-state index in [9.17, 15) is 9.59 Å². The fourth-order valence-corrected chi connectivity index (χ4v) is 1.72. The lowest BCUT2D eigenvalue weighted by molar-refractivity contribution is -0.155. The number of aliphatic carboxylic acids is 2. The minimum absolute atomic E-state index is 0.202. The van der Waals surface area contributed by atoms with E-state index in [1.54, 1.807) is 19.1 Å². The van der Waals surface area contributed by atoms with E-state index in [1.165, 1.54) is 0 Å². The molecule has 4 heteroatoms. The van der Waals surface area contributed by atoms with Crippen LogP contribution in [0.15, 0.2) is 12.2 Å². The maximum Gasteiger partial charge on any atom is 0.307 e. The molecule has 0 amide bonds. The normalized spacial score (nSPS) is 32.8. The fraction of sp³-hybridized carbons (Fsp3) is 0.556. The second-order valence-electron chi connectivity index (χ2n) is 3.33. The van der Waals surface area contributed by atoms with Crippen molar-refractivity contribution in [1.82, 2.24) is 0 Å². The van der Waals surface area contributed by atoms with Crippen LogP contribution < -0.4 is 0 Å². The van der Waals surface area contributed by atoms with E-state index >= 15 is 0 Å². The maximum absolute atomic E-state index is 10.8. The predicted octanol–water partition coefficient (Wildman–Crippen LogP) is 0.984. The molecule has 0 saturated heterocycles. The van der Waals surface area contributed by atoms with E-state index in [-0.39, 0.29) is 5.92 Å². The van der Waals surface area contributed by atoms with Gasteiger partial charge in [-0.15, -0.1) is 0 Å². The highest BCUT2D eigenvalue weighted by Crippen LogP contribution is 2.30. The number of rotatable bonds is 2. The van der Waals surface area contributed by atoms with Gasteiger partial charge in [0.1, 0.15) is 0 Å². The molecule has 0 spiro atoms. The molecule has 0 radical (unpaired) electrons. The van der Waals surface area contributed by atoms with Gasteiger partial charge in [-0.25, -0.2) is 0 Å². The molecule has 3 atom stereocenters. The number of carbonyl (C=O) groups is 2. The van der Waals surface area contributed by atoms with Crippen LogP contribution in [0.4, 0.5) is 0 Å². The predicted molar refractivity (Wildman–Crippen MR) is 45.2 cm³/mol. The van der Waals surface area contributed by atoms with E-state index in [0.29, 0.717) is 6.42 Å². The van der Waals surface area contributed by atoms with Gasteiger partial charge in [-0.1, -0.05) is 19.1 Å². The third-order valence-electron chi connectivity index (χ3n) is 2.43. The van der Waals surface area contributed by atoms with Gasteiger partial charge in [0, 0.05) is 0 Å². The maximum atomic E-state index is 10.8. The van der Waals surface area contributed by atoms with Crippen LogP contribution in [-0.2, 0) is 9.59 Å². The lowest BCUT2D eigenvalue weighted by atomic mass is 9.77. The van der Waals surface area contributed by atoms with Crippen LogP contribution in [0.3, 0.4) is 0 Å². The zero-order chi connectivity index (χ0) is 10.0. The van der Waals surface area contributed by atoms with Crippen LogP contribution in [0.25, 0.3) is 0 Å². The van der Waals surface area contributed by atoms with Crippen LogP contribution in [0.5, 0.6) is 0 Å². The summed E-state index contributed by atoms with van der Waals surface area (Å²) < 4.78 is 0. The van der Waals surface area contributed by atoms with Crippen molar-refractivity contribution in [3.63, 3.8) is 0 Å². The average molecular weight is 184 g/mol. The van der Waals surface area contributed by atoms with Crippen molar-refractivity contribution in [3.8, 4) is 0 Å². The molecule has 0 saturated carbocycles. The number of carboxylic acid groups (broad SMARTS) is 2. The van der Waals surface area contributed by atoms with Gasteiger partial charge in [-0.05, 0) is 12.3 Å². The van der Waals surface area contributed by atoms with Gasteiger partial charge in [0.2, 0.25) is 0 Å². The molecule has 1 aliphatic carbocycles. The molecule has 0 aromatic heterocycles. The molecule has 72 valence electrons. The quantitative estimate of drug-likeness (QED) is 0.627. The minimum Gasteiger partial charge on any atom is -0.481 e. The largest absolute Gasteiger partial charge is 0.481 e. The first-order chi connectivity index (χ1) is 6.04. The summed E-state index contributed by atoms with van der Waals surface area (Å²) in [5.41, 5.74) is 0.